The molecule has 2 saturated heterocycles. The summed E-state index contributed by atoms with van der Waals surface area (Å²) in [6.45, 7) is 5.35. The SMILES string of the molecule is [2H]c1cc(-c2ccc3nc(C)n(CC(F)F)c3n2)c2c(N)nc(=N[C@@H]3CCN(C4(C)COC4)C[C@@H]3F)[nH]n12. The Morgan fingerprint density at radius 3 is 2.81 bits per heavy atom. The van der Waals surface area contributed by atoms with E-state index in [4.69, 9.17) is 11.8 Å². The number of imidazole rings is 1. The van der Waals surface area contributed by atoms with Gasteiger partial charge in [0.15, 0.2) is 11.5 Å². The quantitative estimate of drug-likeness (QED) is 0.421. The number of alkyl halides is 3. The number of nitrogens with zero attached hydrogens (tertiary/aromatic N) is 7. The van der Waals surface area contributed by atoms with Crippen molar-refractivity contribution in [1.29, 1.82) is 0 Å². The first-order chi connectivity index (χ1) is 18.1. The van der Waals surface area contributed by atoms with Crippen molar-refractivity contribution in [2.75, 3.05) is 32.0 Å². The second-order valence-corrected chi connectivity index (χ2v) is 9.94. The molecule has 3 N–H and O–H groups in total. The minimum Gasteiger partial charge on any atom is -0.382 e. The predicted octanol–water partition coefficient (Wildman–Crippen LogP) is 2.33. The lowest BCUT2D eigenvalue weighted by atomic mass is 9.92. The molecule has 0 aromatic carbocycles. The van der Waals surface area contributed by atoms with E-state index >= 15 is 4.39 Å². The number of anilines is 1. The standard InChI is InChI=1S/C24H28F3N9O/c1-13-29-18-4-3-16(30-22(18)35(13)10-19(26)27)14-5-8-36-20(14)21(28)32-23(33-36)31-17-6-7-34(9-15(17)25)24(2)11-37-12-24/h3-5,8,15,17,19H,6-7,9-12H2,1-2H3,(H3,28,31,32,33)/t15-,17+/m0/s1/i8D. The summed E-state index contributed by atoms with van der Waals surface area (Å²) in [6.07, 6.45) is -3.16. The van der Waals surface area contributed by atoms with Crippen molar-refractivity contribution >= 4 is 22.5 Å². The molecule has 196 valence electrons. The Bertz CT molecular complexity index is 1590. The fourth-order valence-electron chi connectivity index (χ4n) is 5.15. The third-order valence-corrected chi connectivity index (χ3v) is 7.26. The van der Waals surface area contributed by atoms with Gasteiger partial charge in [-0.25, -0.2) is 28.1 Å². The number of hydrogen-bond acceptors (Lipinski definition) is 7. The van der Waals surface area contributed by atoms with Gasteiger partial charge < -0.3 is 15.0 Å². The van der Waals surface area contributed by atoms with Gasteiger partial charge in [0.05, 0.1) is 38.4 Å². The first-order valence-corrected chi connectivity index (χ1v) is 12.1. The van der Waals surface area contributed by atoms with Crippen molar-refractivity contribution < 1.29 is 19.3 Å². The van der Waals surface area contributed by atoms with E-state index in [1.165, 1.54) is 9.08 Å². The lowest BCUT2D eigenvalue weighted by Gasteiger charge is -2.50. The summed E-state index contributed by atoms with van der Waals surface area (Å²) in [6, 6.07) is 4.35. The van der Waals surface area contributed by atoms with Gasteiger partial charge in [-0.1, -0.05) is 0 Å². The number of piperidine rings is 1. The van der Waals surface area contributed by atoms with Gasteiger partial charge in [-0.15, -0.1) is 0 Å². The molecule has 0 aliphatic carbocycles. The Morgan fingerprint density at radius 2 is 2.11 bits per heavy atom. The highest BCUT2D eigenvalue weighted by molar-refractivity contribution is 5.88. The molecule has 4 aromatic rings. The number of fused-ring (bicyclic) bond motifs is 2. The molecule has 6 rings (SSSR count). The topological polar surface area (TPSA) is 115 Å². The number of likely N-dealkylation sites (tertiary alicyclic amines) is 1. The summed E-state index contributed by atoms with van der Waals surface area (Å²) in [7, 11) is 0. The molecule has 0 bridgehead atoms. The van der Waals surface area contributed by atoms with Gasteiger partial charge in [0.1, 0.15) is 23.0 Å². The van der Waals surface area contributed by atoms with E-state index in [2.05, 4.69) is 36.9 Å². The van der Waals surface area contributed by atoms with E-state index in [-0.39, 0.29) is 29.7 Å². The number of halogens is 3. The summed E-state index contributed by atoms with van der Waals surface area (Å²) >= 11 is 0. The molecule has 2 aliphatic heterocycles. The van der Waals surface area contributed by atoms with Crippen LogP contribution in [0.5, 0.6) is 0 Å². The molecular formula is C24H28F3N9O. The average Bonchev–Trinajstić information content (AvgIpc) is 3.34. The number of nitrogens with two attached hydrogens (primary N) is 1. The van der Waals surface area contributed by atoms with Crippen molar-refractivity contribution in [3.63, 3.8) is 0 Å². The molecule has 0 amide bonds. The number of aryl methyl sites for hydroxylation is 1. The van der Waals surface area contributed by atoms with E-state index in [9.17, 15) is 8.78 Å². The summed E-state index contributed by atoms with van der Waals surface area (Å²) in [5.74, 6) is 0.517. The fraction of sp³-hybridized carbons (Fsp3) is 0.500. The molecular weight excluding hydrogens is 487 g/mol. The lowest BCUT2D eigenvalue weighted by molar-refractivity contribution is -0.142. The molecule has 0 saturated carbocycles. The summed E-state index contributed by atoms with van der Waals surface area (Å²) in [5, 5.41) is 2.96. The minimum atomic E-state index is -2.56. The summed E-state index contributed by atoms with van der Waals surface area (Å²) < 4.78 is 57.9. The fourth-order valence-corrected chi connectivity index (χ4v) is 5.15. The normalized spacial score (nSPS) is 23.2. The molecule has 0 spiro atoms. The highest BCUT2D eigenvalue weighted by Gasteiger charge is 2.43. The third-order valence-electron chi connectivity index (χ3n) is 7.26. The molecule has 13 heteroatoms. The van der Waals surface area contributed by atoms with Crippen molar-refractivity contribution in [3.05, 3.63) is 35.8 Å². The highest BCUT2D eigenvalue weighted by Crippen LogP contribution is 2.30. The number of aromatic nitrogens is 6. The molecule has 6 heterocycles. The molecule has 4 aromatic heterocycles. The van der Waals surface area contributed by atoms with Crippen LogP contribution in [0.1, 0.15) is 20.5 Å². The lowest BCUT2D eigenvalue weighted by Crippen LogP contribution is -2.64. The maximum atomic E-state index is 15.1. The van der Waals surface area contributed by atoms with Crippen molar-refractivity contribution in [3.8, 4) is 11.3 Å². The van der Waals surface area contributed by atoms with Crippen LogP contribution in [0.3, 0.4) is 0 Å². The van der Waals surface area contributed by atoms with Gasteiger partial charge in [-0.05, 0) is 38.5 Å². The van der Waals surface area contributed by atoms with Crippen LogP contribution in [0, 0.1) is 6.92 Å². The smallest absolute Gasteiger partial charge is 0.256 e. The minimum absolute atomic E-state index is 0.0595. The van der Waals surface area contributed by atoms with E-state index in [1.54, 1.807) is 25.1 Å². The van der Waals surface area contributed by atoms with Crippen LogP contribution in [0.25, 0.3) is 27.9 Å². The Kier molecular flexibility index (Phi) is 5.43. The maximum absolute atomic E-state index is 15.1. The number of hydrogen-bond donors (Lipinski definition) is 2. The third kappa shape index (κ3) is 4.15. The molecule has 2 fully saturated rings. The van der Waals surface area contributed by atoms with Crippen LogP contribution < -0.4 is 11.4 Å². The van der Waals surface area contributed by atoms with E-state index in [0.29, 0.717) is 59.9 Å². The summed E-state index contributed by atoms with van der Waals surface area (Å²) in [4.78, 5) is 19.9. The zero-order valence-electron chi connectivity index (χ0n) is 21.5. The first-order valence-electron chi connectivity index (χ1n) is 12.6. The Hall–Kier alpha value is -3.45. The van der Waals surface area contributed by atoms with Crippen LogP contribution in [-0.2, 0) is 11.3 Å². The van der Waals surface area contributed by atoms with Gasteiger partial charge in [0.2, 0.25) is 5.62 Å². The molecule has 37 heavy (non-hydrogen) atoms. The molecule has 2 atom stereocenters. The zero-order valence-corrected chi connectivity index (χ0v) is 20.5. The number of nitrogens with one attached hydrogen (secondary N) is 1. The summed E-state index contributed by atoms with van der Waals surface area (Å²) in [5.41, 5.74) is 8.44. The Labute approximate surface area is 211 Å². The number of aromatic amines is 1. The highest BCUT2D eigenvalue weighted by atomic mass is 19.3. The number of H-pyrrole nitrogens is 1. The van der Waals surface area contributed by atoms with Gasteiger partial charge in [-0.3, -0.25) is 14.5 Å². The second-order valence-electron chi connectivity index (χ2n) is 9.94. The van der Waals surface area contributed by atoms with Crippen LogP contribution in [0.2, 0.25) is 0 Å². The number of ether oxygens (including phenoxy) is 1. The Balaban J connectivity index is 1.35. The van der Waals surface area contributed by atoms with E-state index < -0.39 is 25.2 Å². The molecule has 0 unspecified atom stereocenters. The van der Waals surface area contributed by atoms with Crippen molar-refractivity contribution in [2.45, 2.75) is 51.0 Å². The number of nitrogen functional groups attached to an aromatic ring is 1. The van der Waals surface area contributed by atoms with Gasteiger partial charge >= 0.3 is 0 Å². The second kappa shape index (κ2) is 8.84. The largest absolute Gasteiger partial charge is 0.382 e. The Morgan fingerprint density at radius 1 is 1.30 bits per heavy atom. The molecule has 10 nitrogen and oxygen atoms in total. The molecule has 0 radical (unpaired) electrons. The van der Waals surface area contributed by atoms with Gasteiger partial charge in [-0.2, -0.15) is 4.98 Å². The van der Waals surface area contributed by atoms with E-state index in [0.717, 1.165) is 0 Å². The molecule has 2 aliphatic rings. The van der Waals surface area contributed by atoms with Crippen LogP contribution in [0.4, 0.5) is 19.0 Å². The monoisotopic (exact) mass is 516 g/mol. The predicted molar refractivity (Wildman–Crippen MR) is 131 cm³/mol. The maximum Gasteiger partial charge on any atom is 0.256 e. The van der Waals surface area contributed by atoms with Crippen LogP contribution in [-0.4, -0.2) is 84.5 Å². The zero-order chi connectivity index (χ0) is 26.8. The van der Waals surface area contributed by atoms with E-state index in [1.807, 2.05) is 0 Å². The van der Waals surface area contributed by atoms with Crippen molar-refractivity contribution in [2.24, 2.45) is 4.99 Å². The van der Waals surface area contributed by atoms with Crippen LogP contribution in [0.15, 0.2) is 29.4 Å². The van der Waals surface area contributed by atoms with Gasteiger partial charge in [0, 0.05) is 24.8 Å². The first kappa shape index (κ1) is 22.7. The van der Waals surface area contributed by atoms with Crippen molar-refractivity contribution in [1.82, 2.24) is 34.0 Å². The number of rotatable bonds is 5. The number of pyridine rings is 1. The average molecular weight is 517 g/mol. The van der Waals surface area contributed by atoms with Gasteiger partial charge in [0.25, 0.3) is 6.43 Å². The van der Waals surface area contributed by atoms with Crippen LogP contribution >= 0.6 is 0 Å².